The minimum absolute atomic E-state index is 0.0429. The molecule has 0 spiro atoms. The van der Waals surface area contributed by atoms with Crippen LogP contribution in [0.25, 0.3) is 0 Å². The number of carbonyl (C=O) groups excluding carboxylic acids is 1. The van der Waals surface area contributed by atoms with Gasteiger partial charge < -0.3 is 10.6 Å². The second-order valence-corrected chi connectivity index (χ2v) is 6.23. The SMILES string of the molecule is CC(CN1CCCC(C(F)(F)F)C1)(NC1CC1)C(N)=O. The minimum Gasteiger partial charge on any atom is -0.368 e. The van der Waals surface area contributed by atoms with Crippen molar-refractivity contribution in [1.82, 2.24) is 10.2 Å². The Balaban J connectivity index is 1.97. The molecular weight excluding hydrogens is 271 g/mol. The highest BCUT2D eigenvalue weighted by atomic mass is 19.4. The molecule has 2 rings (SSSR count). The molecule has 1 aliphatic carbocycles. The third kappa shape index (κ3) is 3.85. The number of alkyl halides is 3. The summed E-state index contributed by atoms with van der Waals surface area (Å²) in [6, 6.07) is 0.274. The van der Waals surface area contributed by atoms with Crippen LogP contribution in [0.5, 0.6) is 0 Å². The molecule has 1 amide bonds. The van der Waals surface area contributed by atoms with Crippen molar-refractivity contribution in [1.29, 1.82) is 0 Å². The van der Waals surface area contributed by atoms with Gasteiger partial charge in [0, 0.05) is 19.1 Å². The molecule has 4 nitrogen and oxygen atoms in total. The molecule has 116 valence electrons. The minimum atomic E-state index is -4.16. The number of halogens is 3. The fraction of sp³-hybridized carbons (Fsp3) is 0.923. The van der Waals surface area contributed by atoms with E-state index < -0.39 is 23.5 Å². The number of hydrogen-bond donors (Lipinski definition) is 2. The first-order valence-corrected chi connectivity index (χ1v) is 7.07. The number of rotatable bonds is 5. The summed E-state index contributed by atoms with van der Waals surface area (Å²) in [5, 5.41) is 3.17. The summed E-state index contributed by atoms with van der Waals surface area (Å²) in [7, 11) is 0. The van der Waals surface area contributed by atoms with Crippen molar-refractivity contribution in [3.63, 3.8) is 0 Å². The Bertz CT molecular complexity index is 370. The molecule has 0 aromatic carbocycles. The van der Waals surface area contributed by atoms with Crippen LogP contribution in [0.1, 0.15) is 32.6 Å². The first-order chi connectivity index (χ1) is 9.21. The van der Waals surface area contributed by atoms with Crippen molar-refractivity contribution in [2.24, 2.45) is 11.7 Å². The summed E-state index contributed by atoms with van der Waals surface area (Å²) >= 11 is 0. The van der Waals surface area contributed by atoms with Gasteiger partial charge in [0.15, 0.2) is 0 Å². The van der Waals surface area contributed by atoms with Crippen molar-refractivity contribution >= 4 is 5.91 Å². The van der Waals surface area contributed by atoms with E-state index in [0.29, 0.717) is 13.0 Å². The first-order valence-electron chi connectivity index (χ1n) is 7.07. The van der Waals surface area contributed by atoms with E-state index in [2.05, 4.69) is 5.32 Å². The monoisotopic (exact) mass is 293 g/mol. The fourth-order valence-electron chi connectivity index (χ4n) is 2.79. The fourth-order valence-corrected chi connectivity index (χ4v) is 2.79. The number of likely N-dealkylation sites (tertiary alicyclic amines) is 1. The number of hydrogen-bond acceptors (Lipinski definition) is 3. The molecule has 1 saturated heterocycles. The molecule has 0 aromatic heterocycles. The summed E-state index contributed by atoms with van der Waals surface area (Å²) in [5.74, 6) is -1.80. The van der Waals surface area contributed by atoms with E-state index in [4.69, 9.17) is 5.73 Å². The van der Waals surface area contributed by atoms with Crippen LogP contribution in [0.4, 0.5) is 13.2 Å². The maximum atomic E-state index is 12.8. The Morgan fingerprint density at radius 1 is 1.35 bits per heavy atom. The molecule has 0 bridgehead atoms. The Morgan fingerprint density at radius 3 is 2.50 bits per heavy atom. The van der Waals surface area contributed by atoms with Crippen molar-refractivity contribution in [2.45, 2.75) is 50.4 Å². The average Bonchev–Trinajstić information content (AvgIpc) is 3.11. The van der Waals surface area contributed by atoms with E-state index in [-0.39, 0.29) is 25.6 Å². The van der Waals surface area contributed by atoms with E-state index in [1.54, 1.807) is 11.8 Å². The van der Waals surface area contributed by atoms with Crippen LogP contribution in [-0.2, 0) is 4.79 Å². The zero-order chi connectivity index (χ0) is 15.0. The highest BCUT2D eigenvalue weighted by Crippen LogP contribution is 2.33. The molecule has 1 saturated carbocycles. The number of nitrogens with one attached hydrogen (secondary N) is 1. The second kappa shape index (κ2) is 5.52. The van der Waals surface area contributed by atoms with Crippen LogP contribution < -0.4 is 11.1 Å². The summed E-state index contributed by atoms with van der Waals surface area (Å²) < 4.78 is 38.4. The summed E-state index contributed by atoms with van der Waals surface area (Å²) in [6.45, 7) is 2.47. The van der Waals surface area contributed by atoms with E-state index >= 15 is 0 Å². The maximum Gasteiger partial charge on any atom is 0.393 e. The predicted octanol–water partition coefficient (Wildman–Crippen LogP) is 1.26. The van der Waals surface area contributed by atoms with Crippen LogP contribution in [-0.4, -0.2) is 48.2 Å². The number of nitrogens with two attached hydrogens (primary N) is 1. The lowest BCUT2D eigenvalue weighted by atomic mass is 9.94. The van der Waals surface area contributed by atoms with Crippen molar-refractivity contribution in [3.05, 3.63) is 0 Å². The number of piperidine rings is 1. The first kappa shape index (κ1) is 15.6. The van der Waals surface area contributed by atoms with Crippen molar-refractivity contribution < 1.29 is 18.0 Å². The van der Waals surface area contributed by atoms with Gasteiger partial charge in [-0.05, 0) is 39.2 Å². The van der Waals surface area contributed by atoms with Gasteiger partial charge in [-0.25, -0.2) is 0 Å². The van der Waals surface area contributed by atoms with Gasteiger partial charge in [0.1, 0.15) is 5.54 Å². The summed E-state index contributed by atoms with van der Waals surface area (Å²) in [5.41, 5.74) is 4.48. The van der Waals surface area contributed by atoms with Gasteiger partial charge in [0.2, 0.25) is 5.91 Å². The number of carbonyl (C=O) groups is 1. The third-order valence-electron chi connectivity index (χ3n) is 4.15. The van der Waals surface area contributed by atoms with E-state index in [0.717, 1.165) is 12.8 Å². The molecule has 1 aliphatic heterocycles. The Hall–Kier alpha value is -0.820. The third-order valence-corrected chi connectivity index (χ3v) is 4.15. The molecule has 3 N–H and O–H groups in total. The van der Waals surface area contributed by atoms with E-state index in [1.807, 2.05) is 0 Å². The molecule has 2 fully saturated rings. The Labute approximate surface area is 116 Å². The Kier molecular flexibility index (Phi) is 4.30. The zero-order valence-electron chi connectivity index (χ0n) is 11.7. The summed E-state index contributed by atoms with van der Waals surface area (Å²) in [6.07, 6.45) is -1.50. The van der Waals surface area contributed by atoms with Crippen LogP contribution in [0.3, 0.4) is 0 Å². The normalized spacial score (nSPS) is 28.1. The van der Waals surface area contributed by atoms with Gasteiger partial charge in [-0.15, -0.1) is 0 Å². The quantitative estimate of drug-likeness (QED) is 0.802. The molecule has 1 heterocycles. The maximum absolute atomic E-state index is 12.8. The lowest BCUT2D eigenvalue weighted by Gasteiger charge is -2.39. The molecule has 2 aliphatic rings. The Morgan fingerprint density at radius 2 is 2.00 bits per heavy atom. The molecule has 0 radical (unpaired) electrons. The van der Waals surface area contributed by atoms with E-state index in [1.165, 1.54) is 0 Å². The van der Waals surface area contributed by atoms with Gasteiger partial charge >= 0.3 is 6.18 Å². The average molecular weight is 293 g/mol. The zero-order valence-corrected chi connectivity index (χ0v) is 11.7. The van der Waals surface area contributed by atoms with Gasteiger partial charge in [0.05, 0.1) is 5.92 Å². The van der Waals surface area contributed by atoms with Gasteiger partial charge in [-0.1, -0.05) is 0 Å². The van der Waals surface area contributed by atoms with Crippen LogP contribution in [0, 0.1) is 5.92 Å². The van der Waals surface area contributed by atoms with Crippen LogP contribution in [0.2, 0.25) is 0 Å². The molecule has 20 heavy (non-hydrogen) atoms. The molecule has 2 atom stereocenters. The number of amides is 1. The molecular formula is C13H22F3N3O. The van der Waals surface area contributed by atoms with Crippen molar-refractivity contribution in [2.75, 3.05) is 19.6 Å². The van der Waals surface area contributed by atoms with E-state index in [9.17, 15) is 18.0 Å². The van der Waals surface area contributed by atoms with Crippen molar-refractivity contribution in [3.8, 4) is 0 Å². The molecule has 2 unspecified atom stereocenters. The van der Waals surface area contributed by atoms with Gasteiger partial charge in [-0.3, -0.25) is 10.1 Å². The molecule has 7 heteroatoms. The van der Waals surface area contributed by atoms with Gasteiger partial charge in [0.25, 0.3) is 0 Å². The second-order valence-electron chi connectivity index (χ2n) is 6.23. The smallest absolute Gasteiger partial charge is 0.368 e. The topological polar surface area (TPSA) is 58.4 Å². The largest absolute Gasteiger partial charge is 0.393 e. The van der Waals surface area contributed by atoms with Gasteiger partial charge in [-0.2, -0.15) is 13.2 Å². The standard InChI is InChI=1S/C13H22F3N3O/c1-12(11(17)20,18-10-4-5-10)8-19-6-2-3-9(7-19)13(14,15)16/h9-10,18H,2-8H2,1H3,(H2,17,20). The predicted molar refractivity (Wildman–Crippen MR) is 69.0 cm³/mol. The highest BCUT2D eigenvalue weighted by molar-refractivity contribution is 5.84. The lowest BCUT2D eigenvalue weighted by Crippen LogP contribution is -2.61. The highest BCUT2D eigenvalue weighted by Gasteiger charge is 2.44. The number of nitrogens with zero attached hydrogens (tertiary/aromatic N) is 1. The lowest BCUT2D eigenvalue weighted by molar-refractivity contribution is -0.187. The van der Waals surface area contributed by atoms with Crippen LogP contribution >= 0.6 is 0 Å². The van der Waals surface area contributed by atoms with Crippen LogP contribution in [0.15, 0.2) is 0 Å². The summed E-state index contributed by atoms with van der Waals surface area (Å²) in [4.78, 5) is 13.4. The molecule has 0 aromatic rings. The number of primary amides is 1.